The highest BCUT2D eigenvalue weighted by Gasteiger charge is 2.18. The van der Waals surface area contributed by atoms with Gasteiger partial charge in [0, 0.05) is 0 Å². The molecule has 1 atom stereocenters. The van der Waals surface area contributed by atoms with Gasteiger partial charge in [-0.05, 0) is 44.2 Å². The lowest BCUT2D eigenvalue weighted by molar-refractivity contribution is -0.122. The second-order valence-electron chi connectivity index (χ2n) is 4.52. The first-order valence-corrected chi connectivity index (χ1v) is 8.46. The Kier molecular flexibility index (Phi) is 5.19. The zero-order chi connectivity index (χ0) is 15.4. The number of rotatable bonds is 5. The first-order chi connectivity index (χ1) is 10.0. The molecule has 0 saturated heterocycles. The summed E-state index contributed by atoms with van der Waals surface area (Å²) in [6, 6.07) is 5.79. The molecule has 0 spiro atoms. The zero-order valence-corrected chi connectivity index (χ0v) is 14.0. The van der Waals surface area contributed by atoms with E-state index in [-0.39, 0.29) is 5.91 Å². The fourth-order valence-electron chi connectivity index (χ4n) is 1.65. The molecule has 0 aliphatic carbocycles. The molecule has 1 N–H and O–H groups in total. The Morgan fingerprint density at radius 3 is 2.81 bits per heavy atom. The molecule has 2 rings (SSSR count). The Morgan fingerprint density at radius 1 is 1.38 bits per heavy atom. The average molecular weight is 323 g/mol. The Labute approximate surface area is 132 Å². The quantitative estimate of drug-likeness (QED) is 0.676. The third-order valence-corrected chi connectivity index (χ3v) is 4.85. The number of carbonyl (C=O) groups excluding carboxylic acids is 1. The van der Waals surface area contributed by atoms with Crippen LogP contribution in [0.25, 0.3) is 0 Å². The van der Waals surface area contributed by atoms with E-state index in [1.807, 2.05) is 38.3 Å². The molecule has 0 aliphatic rings. The summed E-state index contributed by atoms with van der Waals surface area (Å²) in [5.74, 6) is 0.486. The Balaban J connectivity index is 2.00. The summed E-state index contributed by atoms with van der Waals surface area (Å²) in [6.07, 6.45) is 1.31. The fourth-order valence-corrected chi connectivity index (χ4v) is 2.82. The largest absolute Gasteiger partial charge is 0.481 e. The van der Waals surface area contributed by atoms with Crippen LogP contribution in [0.2, 0.25) is 0 Å². The van der Waals surface area contributed by atoms with Gasteiger partial charge >= 0.3 is 0 Å². The summed E-state index contributed by atoms with van der Waals surface area (Å²) < 4.78 is 6.55. The van der Waals surface area contributed by atoms with Crippen molar-refractivity contribution in [3.63, 3.8) is 0 Å². The van der Waals surface area contributed by atoms with Crippen LogP contribution in [0.4, 0.5) is 5.13 Å². The van der Waals surface area contributed by atoms with Crippen molar-refractivity contribution in [3.05, 3.63) is 29.3 Å². The van der Waals surface area contributed by atoms with Crippen LogP contribution < -0.4 is 10.1 Å². The lowest BCUT2D eigenvalue weighted by atomic mass is 10.1. The molecule has 1 aromatic carbocycles. The van der Waals surface area contributed by atoms with Crippen molar-refractivity contribution in [1.82, 2.24) is 10.2 Å². The Hall–Kier alpha value is -1.60. The zero-order valence-electron chi connectivity index (χ0n) is 12.3. The van der Waals surface area contributed by atoms with Crippen molar-refractivity contribution in [2.45, 2.75) is 31.2 Å². The van der Waals surface area contributed by atoms with Crippen LogP contribution in [0.15, 0.2) is 22.5 Å². The van der Waals surface area contributed by atoms with Crippen molar-refractivity contribution >= 4 is 34.1 Å². The predicted octanol–water partition coefficient (Wildman–Crippen LogP) is 3.28. The molecular weight excluding hydrogens is 306 g/mol. The topological polar surface area (TPSA) is 64.1 Å². The number of anilines is 1. The van der Waals surface area contributed by atoms with Crippen LogP contribution in [0, 0.1) is 13.8 Å². The van der Waals surface area contributed by atoms with E-state index in [0.29, 0.717) is 5.13 Å². The van der Waals surface area contributed by atoms with Crippen LogP contribution in [0.1, 0.15) is 18.1 Å². The molecule has 2 aromatic rings. The van der Waals surface area contributed by atoms with E-state index in [9.17, 15) is 4.79 Å². The average Bonchev–Trinajstić information content (AvgIpc) is 2.91. The molecular formula is C14H17N3O2S2. The summed E-state index contributed by atoms with van der Waals surface area (Å²) in [5.41, 5.74) is 2.17. The highest BCUT2D eigenvalue weighted by molar-refractivity contribution is 8.00. The normalized spacial score (nSPS) is 12.0. The van der Waals surface area contributed by atoms with Gasteiger partial charge in [-0.25, -0.2) is 0 Å². The second-order valence-corrected chi connectivity index (χ2v) is 6.56. The van der Waals surface area contributed by atoms with Gasteiger partial charge in [-0.1, -0.05) is 35.2 Å². The van der Waals surface area contributed by atoms with E-state index >= 15 is 0 Å². The number of hydrogen-bond donors (Lipinski definition) is 1. The fraction of sp³-hybridized carbons (Fsp3) is 0.357. The van der Waals surface area contributed by atoms with Crippen LogP contribution in [-0.4, -0.2) is 28.5 Å². The van der Waals surface area contributed by atoms with Gasteiger partial charge in [0.15, 0.2) is 10.4 Å². The third kappa shape index (κ3) is 3.95. The first kappa shape index (κ1) is 15.8. The van der Waals surface area contributed by atoms with Gasteiger partial charge < -0.3 is 4.74 Å². The Morgan fingerprint density at radius 2 is 2.14 bits per heavy atom. The molecule has 0 saturated carbocycles. The van der Waals surface area contributed by atoms with Crippen LogP contribution in [0.5, 0.6) is 5.75 Å². The second kappa shape index (κ2) is 6.91. The number of thioether (sulfide) groups is 1. The minimum Gasteiger partial charge on any atom is -0.481 e. The smallest absolute Gasteiger partial charge is 0.266 e. The summed E-state index contributed by atoms with van der Waals surface area (Å²) in [4.78, 5) is 12.1. The van der Waals surface area contributed by atoms with E-state index < -0.39 is 6.10 Å². The van der Waals surface area contributed by atoms with Gasteiger partial charge in [0.1, 0.15) is 5.75 Å². The lowest BCUT2D eigenvalue weighted by Crippen LogP contribution is -2.30. The maximum atomic E-state index is 12.1. The third-order valence-electron chi connectivity index (χ3n) is 3.04. The number of aromatic nitrogens is 2. The van der Waals surface area contributed by atoms with Gasteiger partial charge in [0.25, 0.3) is 5.91 Å². The van der Waals surface area contributed by atoms with Crippen LogP contribution in [-0.2, 0) is 4.79 Å². The Bertz CT molecular complexity index is 643. The monoisotopic (exact) mass is 323 g/mol. The molecule has 0 aliphatic heterocycles. The lowest BCUT2D eigenvalue weighted by Gasteiger charge is -2.16. The van der Waals surface area contributed by atoms with Crippen molar-refractivity contribution in [2.24, 2.45) is 0 Å². The van der Waals surface area contributed by atoms with Gasteiger partial charge in [-0.2, -0.15) is 0 Å². The number of benzene rings is 1. The molecule has 5 nitrogen and oxygen atoms in total. The molecule has 112 valence electrons. The number of nitrogens with zero attached hydrogens (tertiary/aromatic N) is 2. The number of amides is 1. The van der Waals surface area contributed by atoms with E-state index in [1.165, 1.54) is 23.1 Å². The maximum Gasteiger partial charge on any atom is 0.266 e. The summed E-state index contributed by atoms with van der Waals surface area (Å²) in [6.45, 7) is 5.70. The molecule has 0 unspecified atom stereocenters. The van der Waals surface area contributed by atoms with Gasteiger partial charge in [-0.15, -0.1) is 10.2 Å². The summed E-state index contributed by atoms with van der Waals surface area (Å²) in [5, 5.41) is 11.0. The number of ether oxygens (including phenoxy) is 1. The van der Waals surface area contributed by atoms with E-state index in [2.05, 4.69) is 15.5 Å². The molecule has 1 heterocycles. The molecule has 0 fully saturated rings. The van der Waals surface area contributed by atoms with E-state index in [1.54, 1.807) is 6.92 Å². The van der Waals surface area contributed by atoms with E-state index in [4.69, 9.17) is 4.74 Å². The summed E-state index contributed by atoms with van der Waals surface area (Å²) in [7, 11) is 0. The number of hydrogen-bond acceptors (Lipinski definition) is 6. The van der Waals surface area contributed by atoms with Gasteiger partial charge in [-0.3, -0.25) is 10.1 Å². The standard InChI is InChI=1S/C14H17N3O2S2/c1-8-6-5-7-11(9(8)2)19-10(3)12(18)15-13-16-17-14(20-4)21-13/h5-7,10H,1-4H3,(H,15,16,18)/t10-/m0/s1. The predicted molar refractivity (Wildman–Crippen MR) is 86.3 cm³/mol. The van der Waals surface area contributed by atoms with Crippen LogP contribution >= 0.6 is 23.1 Å². The van der Waals surface area contributed by atoms with Crippen LogP contribution in [0.3, 0.4) is 0 Å². The van der Waals surface area contributed by atoms with Crippen molar-refractivity contribution in [1.29, 1.82) is 0 Å². The minimum absolute atomic E-state index is 0.236. The highest BCUT2D eigenvalue weighted by atomic mass is 32.2. The SMILES string of the molecule is CSc1nnc(NC(=O)[C@H](C)Oc2cccc(C)c2C)s1. The number of carbonyl (C=O) groups is 1. The molecule has 21 heavy (non-hydrogen) atoms. The highest BCUT2D eigenvalue weighted by Crippen LogP contribution is 2.24. The summed E-state index contributed by atoms with van der Waals surface area (Å²) >= 11 is 2.84. The number of aryl methyl sites for hydroxylation is 1. The van der Waals surface area contributed by atoms with Crippen molar-refractivity contribution < 1.29 is 9.53 Å². The number of nitrogens with one attached hydrogen (secondary N) is 1. The molecule has 7 heteroatoms. The maximum absolute atomic E-state index is 12.1. The van der Waals surface area contributed by atoms with Crippen molar-refractivity contribution in [2.75, 3.05) is 11.6 Å². The molecule has 1 amide bonds. The molecule has 0 bridgehead atoms. The van der Waals surface area contributed by atoms with Gasteiger partial charge in [0.2, 0.25) is 5.13 Å². The molecule has 1 aromatic heterocycles. The first-order valence-electron chi connectivity index (χ1n) is 6.42. The molecule has 0 radical (unpaired) electrons. The van der Waals surface area contributed by atoms with Crippen molar-refractivity contribution in [3.8, 4) is 5.75 Å². The van der Waals surface area contributed by atoms with Gasteiger partial charge in [0.05, 0.1) is 0 Å². The minimum atomic E-state index is -0.605. The van der Waals surface area contributed by atoms with E-state index in [0.717, 1.165) is 21.2 Å².